The van der Waals surface area contributed by atoms with Crippen LogP contribution in [0.2, 0.25) is 0 Å². The van der Waals surface area contributed by atoms with Crippen LogP contribution in [0, 0.1) is 0 Å². The van der Waals surface area contributed by atoms with Crippen LogP contribution in [0.25, 0.3) is 0 Å². The first-order valence-electron chi connectivity index (χ1n) is 1.42. The Labute approximate surface area is 71.5 Å². The minimum absolute atomic E-state index is 0. The predicted molar refractivity (Wildman–Crippen MR) is 23.7 cm³/mol. The van der Waals surface area contributed by atoms with Crippen molar-refractivity contribution in [1.82, 2.24) is 0 Å². The Hall–Kier alpha value is 0.360. The molecule has 0 N–H and O–H groups in total. The van der Waals surface area contributed by atoms with Gasteiger partial charge in [-0.3, -0.25) is 0 Å². The van der Waals surface area contributed by atoms with Crippen LogP contribution in [0.15, 0.2) is 12.0 Å². The third-order valence-electron chi connectivity index (χ3n) is 0.316. The van der Waals surface area contributed by atoms with E-state index in [0.717, 1.165) is 5.41 Å². The van der Waals surface area contributed by atoms with E-state index in [2.05, 4.69) is 6.58 Å². The summed E-state index contributed by atoms with van der Waals surface area (Å²) in [5.41, 5.74) is 0. The van der Waals surface area contributed by atoms with Crippen LogP contribution in [-0.2, 0) is 10.8 Å². The molecule has 5 heteroatoms. The number of carbonyl (C=O) groups is 1. The first kappa shape index (κ1) is 11.2. The molecule has 0 bridgehead atoms. The summed E-state index contributed by atoms with van der Waals surface area (Å²) >= 11 is 0. The van der Waals surface area contributed by atoms with Crippen molar-refractivity contribution in [2.75, 3.05) is 0 Å². The van der Waals surface area contributed by atoms with Crippen molar-refractivity contribution in [3.05, 3.63) is 12.0 Å². The molecule has 0 fully saturated rings. The van der Waals surface area contributed by atoms with Gasteiger partial charge in [0.2, 0.25) is 0 Å². The molecule has 0 aliphatic carbocycles. The Balaban J connectivity index is 0. The van der Waals surface area contributed by atoms with Gasteiger partial charge >= 0.3 is 29.6 Å². The second-order valence-electron chi connectivity index (χ2n) is 0.714. The van der Waals surface area contributed by atoms with Crippen molar-refractivity contribution in [2.24, 2.45) is 0 Å². The van der Waals surface area contributed by atoms with Gasteiger partial charge in [0.1, 0.15) is 5.30 Å². The standard InChI is InChI=1S/C3H4O3S.Na/c1-2-7(6)3(4)5;/h2H,1H2,(H,4,5);/q;+1/p-1. The fourth-order valence-corrected chi connectivity index (χ4v) is 0.204. The van der Waals surface area contributed by atoms with Gasteiger partial charge in [0.25, 0.3) is 0 Å². The zero-order valence-corrected chi connectivity index (χ0v) is 7.23. The van der Waals surface area contributed by atoms with Gasteiger partial charge in [-0.1, -0.05) is 6.58 Å². The van der Waals surface area contributed by atoms with Gasteiger partial charge in [-0.15, -0.1) is 0 Å². The molecule has 0 aliphatic heterocycles. The fraction of sp³-hybridized carbons (Fsp3) is 0. The van der Waals surface area contributed by atoms with Gasteiger partial charge in [-0.05, 0) is 0 Å². The van der Waals surface area contributed by atoms with Crippen LogP contribution >= 0.6 is 0 Å². The average molecular weight is 142 g/mol. The molecular formula is C3H3NaO3S. The number of hydrogen-bond donors (Lipinski definition) is 0. The smallest absolute Gasteiger partial charge is 0.536 e. The van der Waals surface area contributed by atoms with Gasteiger partial charge in [0, 0.05) is 5.41 Å². The van der Waals surface area contributed by atoms with E-state index in [1.165, 1.54) is 0 Å². The third-order valence-corrected chi connectivity index (χ3v) is 0.947. The van der Waals surface area contributed by atoms with Crippen molar-refractivity contribution in [1.29, 1.82) is 0 Å². The Kier molecular flexibility index (Phi) is 7.69. The number of hydrogen-bond acceptors (Lipinski definition) is 3. The van der Waals surface area contributed by atoms with E-state index in [1.807, 2.05) is 0 Å². The molecule has 0 heterocycles. The summed E-state index contributed by atoms with van der Waals surface area (Å²) < 4.78 is 9.84. The normalized spacial score (nSPS) is 11.0. The first-order chi connectivity index (χ1) is 3.18. The van der Waals surface area contributed by atoms with E-state index >= 15 is 0 Å². The van der Waals surface area contributed by atoms with Gasteiger partial charge in [-0.25, -0.2) is 4.21 Å². The number of carbonyl (C=O) groups excluding carboxylic acids is 1. The molecule has 0 amide bonds. The molecule has 0 aromatic carbocycles. The van der Waals surface area contributed by atoms with Crippen molar-refractivity contribution >= 4 is 16.1 Å². The van der Waals surface area contributed by atoms with E-state index in [-0.39, 0.29) is 29.6 Å². The molecule has 0 spiro atoms. The molecule has 0 saturated heterocycles. The minimum Gasteiger partial charge on any atom is -0.536 e. The predicted octanol–water partition coefficient (Wildman–Crippen LogP) is -3.77. The molecule has 0 rings (SSSR count). The van der Waals surface area contributed by atoms with E-state index in [0.29, 0.717) is 0 Å². The van der Waals surface area contributed by atoms with Gasteiger partial charge in [0.05, 0.1) is 10.8 Å². The summed E-state index contributed by atoms with van der Waals surface area (Å²) in [5.74, 6) is 0. The molecule has 1 atom stereocenters. The van der Waals surface area contributed by atoms with E-state index in [9.17, 15) is 14.1 Å². The summed E-state index contributed by atoms with van der Waals surface area (Å²) in [4.78, 5) is 9.45. The summed E-state index contributed by atoms with van der Waals surface area (Å²) in [5, 5.41) is 8.65. The second-order valence-corrected chi connectivity index (χ2v) is 1.98. The summed E-state index contributed by atoms with van der Waals surface area (Å²) in [6, 6.07) is 0. The third kappa shape index (κ3) is 4.52. The molecular weight excluding hydrogens is 139 g/mol. The molecule has 0 aromatic heterocycles. The fourth-order valence-electron chi connectivity index (χ4n) is 0.0680. The monoisotopic (exact) mass is 142 g/mol. The Bertz CT molecular complexity index is 122. The number of carboxylic acid groups (broad SMARTS) is 1. The summed E-state index contributed by atoms with van der Waals surface area (Å²) in [6.45, 7) is 2.96. The quantitative estimate of drug-likeness (QED) is 0.353. The Morgan fingerprint density at radius 1 is 1.75 bits per heavy atom. The maximum atomic E-state index is 9.84. The molecule has 0 saturated carbocycles. The van der Waals surface area contributed by atoms with Crippen LogP contribution < -0.4 is 34.7 Å². The number of rotatable bonds is 1. The molecule has 3 nitrogen and oxygen atoms in total. The molecule has 1 unspecified atom stereocenters. The summed E-state index contributed by atoms with van der Waals surface area (Å²) in [7, 11) is -2.01. The van der Waals surface area contributed by atoms with Crippen LogP contribution in [0.3, 0.4) is 0 Å². The Morgan fingerprint density at radius 3 is 2.12 bits per heavy atom. The minimum atomic E-state index is -2.01. The van der Waals surface area contributed by atoms with Crippen molar-refractivity contribution < 1.29 is 43.7 Å². The van der Waals surface area contributed by atoms with Gasteiger partial charge in [-0.2, -0.15) is 0 Å². The van der Waals surface area contributed by atoms with Gasteiger partial charge in [0.15, 0.2) is 0 Å². The zero-order chi connectivity index (χ0) is 5.86. The largest absolute Gasteiger partial charge is 1.00 e. The van der Waals surface area contributed by atoms with Crippen molar-refractivity contribution in [3.63, 3.8) is 0 Å². The van der Waals surface area contributed by atoms with Crippen LogP contribution in [-0.4, -0.2) is 9.51 Å². The van der Waals surface area contributed by atoms with Gasteiger partial charge < -0.3 is 9.90 Å². The average Bonchev–Trinajstić information content (AvgIpc) is 1.65. The Morgan fingerprint density at radius 2 is 2.12 bits per heavy atom. The van der Waals surface area contributed by atoms with Crippen molar-refractivity contribution in [2.45, 2.75) is 0 Å². The first-order valence-corrected chi connectivity index (χ1v) is 2.64. The molecule has 0 aromatic rings. The molecule has 0 radical (unpaired) electrons. The molecule has 8 heavy (non-hydrogen) atoms. The SMILES string of the molecule is C=CS(=O)C(=O)[O-].[Na+]. The van der Waals surface area contributed by atoms with Crippen LogP contribution in [0.5, 0.6) is 0 Å². The second kappa shape index (κ2) is 5.50. The zero-order valence-electron chi connectivity index (χ0n) is 4.42. The van der Waals surface area contributed by atoms with Crippen LogP contribution in [0.1, 0.15) is 0 Å². The van der Waals surface area contributed by atoms with E-state index in [4.69, 9.17) is 0 Å². The molecule has 40 valence electrons. The van der Waals surface area contributed by atoms with Crippen molar-refractivity contribution in [3.8, 4) is 0 Å². The van der Waals surface area contributed by atoms with E-state index < -0.39 is 16.1 Å². The topological polar surface area (TPSA) is 57.2 Å². The van der Waals surface area contributed by atoms with E-state index in [1.54, 1.807) is 0 Å². The maximum Gasteiger partial charge on any atom is 1.00 e. The van der Waals surface area contributed by atoms with Crippen LogP contribution in [0.4, 0.5) is 4.79 Å². The summed E-state index contributed by atoms with van der Waals surface area (Å²) in [6.07, 6.45) is 0. The molecule has 0 aliphatic rings. The maximum absolute atomic E-state index is 9.84.